The zero-order valence-electron chi connectivity index (χ0n) is 16.8. The maximum absolute atomic E-state index is 12.8. The number of ether oxygens (including phenoxy) is 1. The van der Waals surface area contributed by atoms with Crippen LogP contribution in [0.4, 0.5) is 10.6 Å². The van der Waals surface area contributed by atoms with Crippen LogP contribution in [0, 0.1) is 5.92 Å². The molecule has 9 nitrogen and oxygen atoms in total. The fraction of sp³-hybridized carbons (Fsp3) is 0.500. The predicted molar refractivity (Wildman–Crippen MR) is 112 cm³/mol. The molecule has 10 heteroatoms. The second-order valence-corrected chi connectivity index (χ2v) is 8.33. The van der Waals surface area contributed by atoms with Crippen molar-refractivity contribution in [3.8, 4) is 11.1 Å². The lowest BCUT2D eigenvalue weighted by molar-refractivity contribution is -0.122. The van der Waals surface area contributed by atoms with Gasteiger partial charge in [0.2, 0.25) is 5.91 Å². The highest BCUT2D eigenvalue weighted by molar-refractivity contribution is 6.33. The van der Waals surface area contributed by atoms with Crippen molar-refractivity contribution >= 4 is 29.4 Å². The third-order valence-electron chi connectivity index (χ3n) is 5.74. The van der Waals surface area contributed by atoms with Gasteiger partial charge in [0.05, 0.1) is 23.5 Å². The van der Waals surface area contributed by atoms with E-state index in [1.807, 2.05) is 10.9 Å². The number of rotatable bonds is 4. The molecule has 1 fully saturated rings. The average Bonchev–Trinajstić information content (AvgIpc) is 3.12. The van der Waals surface area contributed by atoms with Gasteiger partial charge in [0.15, 0.2) is 0 Å². The standard InChI is InChI=1S/C20H25ClN6O3/c1-26-5-6-27-17(11-26)15(9-24-27)14-8-18(23-10-16(14)21)25-19(28)12-3-2-4-13(7-12)30-20(22)29/h8-10,12-13H,2-7,11H2,1H3,(H2,22,29)(H,23,25,28)/t12-,13+/m0/s1. The second-order valence-electron chi connectivity index (χ2n) is 7.93. The number of likely N-dealkylation sites (N-methyl/N-ethyl adjacent to an activating group) is 1. The molecule has 4 rings (SSSR count). The molecular weight excluding hydrogens is 408 g/mol. The van der Waals surface area contributed by atoms with Crippen LogP contribution in [0.3, 0.4) is 0 Å². The maximum Gasteiger partial charge on any atom is 0.404 e. The van der Waals surface area contributed by atoms with Gasteiger partial charge in [0.1, 0.15) is 11.9 Å². The molecule has 1 aliphatic heterocycles. The van der Waals surface area contributed by atoms with Crippen molar-refractivity contribution in [2.75, 3.05) is 18.9 Å². The summed E-state index contributed by atoms with van der Waals surface area (Å²) in [6, 6.07) is 1.78. The summed E-state index contributed by atoms with van der Waals surface area (Å²) in [7, 11) is 2.07. The smallest absolute Gasteiger partial charge is 0.404 e. The van der Waals surface area contributed by atoms with E-state index in [0.717, 1.165) is 55.7 Å². The molecule has 2 amide bonds. The molecule has 1 aliphatic carbocycles. The summed E-state index contributed by atoms with van der Waals surface area (Å²) in [5.74, 6) is 0.0216. The monoisotopic (exact) mass is 432 g/mol. The number of fused-ring (bicyclic) bond motifs is 1. The Morgan fingerprint density at radius 1 is 1.27 bits per heavy atom. The number of anilines is 1. The minimum absolute atomic E-state index is 0.148. The summed E-state index contributed by atoms with van der Waals surface area (Å²) in [6.07, 6.45) is 4.93. The van der Waals surface area contributed by atoms with E-state index in [4.69, 9.17) is 22.1 Å². The van der Waals surface area contributed by atoms with Gasteiger partial charge in [-0.25, -0.2) is 9.78 Å². The number of amides is 2. The highest BCUT2D eigenvalue weighted by Crippen LogP contribution is 2.34. The minimum Gasteiger partial charge on any atom is -0.446 e. The molecular formula is C20H25ClN6O3. The van der Waals surface area contributed by atoms with Crippen molar-refractivity contribution in [1.29, 1.82) is 0 Å². The minimum atomic E-state index is -0.805. The third-order valence-corrected chi connectivity index (χ3v) is 6.04. The highest BCUT2D eigenvalue weighted by Gasteiger charge is 2.29. The van der Waals surface area contributed by atoms with Gasteiger partial charge in [-0.05, 0) is 38.8 Å². The fourth-order valence-corrected chi connectivity index (χ4v) is 4.40. The normalized spacial score (nSPS) is 21.7. The van der Waals surface area contributed by atoms with Gasteiger partial charge in [0.25, 0.3) is 0 Å². The molecule has 0 radical (unpaired) electrons. The number of hydrogen-bond donors (Lipinski definition) is 2. The Kier molecular flexibility index (Phi) is 5.92. The lowest BCUT2D eigenvalue weighted by Crippen LogP contribution is -2.33. The Balaban J connectivity index is 1.51. The van der Waals surface area contributed by atoms with Crippen LogP contribution in [0.15, 0.2) is 18.5 Å². The van der Waals surface area contributed by atoms with Crippen molar-refractivity contribution in [2.24, 2.45) is 11.7 Å². The molecule has 3 N–H and O–H groups in total. The number of primary amides is 1. The van der Waals surface area contributed by atoms with Crippen LogP contribution in [0.25, 0.3) is 11.1 Å². The number of nitrogens with one attached hydrogen (secondary N) is 1. The van der Waals surface area contributed by atoms with E-state index in [2.05, 4.69) is 27.3 Å². The number of pyridine rings is 1. The number of carbonyl (C=O) groups excluding carboxylic acids is 2. The van der Waals surface area contributed by atoms with Crippen LogP contribution < -0.4 is 11.1 Å². The van der Waals surface area contributed by atoms with Crippen molar-refractivity contribution in [1.82, 2.24) is 19.7 Å². The molecule has 2 aromatic heterocycles. The number of nitrogens with zero attached hydrogens (tertiary/aromatic N) is 4. The lowest BCUT2D eigenvalue weighted by atomic mass is 9.86. The van der Waals surface area contributed by atoms with Gasteiger partial charge in [-0.15, -0.1) is 0 Å². The number of aromatic nitrogens is 3. The summed E-state index contributed by atoms with van der Waals surface area (Å²) < 4.78 is 7.07. The molecule has 0 bridgehead atoms. The topological polar surface area (TPSA) is 115 Å². The van der Waals surface area contributed by atoms with E-state index < -0.39 is 6.09 Å². The first kappa shape index (κ1) is 20.6. The molecule has 160 valence electrons. The first-order valence-electron chi connectivity index (χ1n) is 10.1. The van der Waals surface area contributed by atoms with Crippen LogP contribution in [0.5, 0.6) is 0 Å². The Hall–Kier alpha value is -2.65. The summed E-state index contributed by atoms with van der Waals surface area (Å²) in [5.41, 5.74) is 7.93. The Morgan fingerprint density at radius 2 is 2.10 bits per heavy atom. The molecule has 0 spiro atoms. The molecule has 0 aromatic carbocycles. The van der Waals surface area contributed by atoms with E-state index in [9.17, 15) is 9.59 Å². The van der Waals surface area contributed by atoms with E-state index in [1.54, 1.807) is 12.3 Å². The number of nitrogens with two attached hydrogens (primary N) is 1. The second kappa shape index (κ2) is 8.61. The van der Waals surface area contributed by atoms with Gasteiger partial charge >= 0.3 is 6.09 Å². The Labute approximate surface area is 179 Å². The molecule has 1 saturated carbocycles. The summed E-state index contributed by atoms with van der Waals surface area (Å²) in [5, 5.41) is 7.87. The molecule has 2 aromatic rings. The van der Waals surface area contributed by atoms with E-state index >= 15 is 0 Å². The van der Waals surface area contributed by atoms with Gasteiger partial charge in [-0.3, -0.25) is 14.4 Å². The summed E-state index contributed by atoms with van der Waals surface area (Å²) in [4.78, 5) is 30.3. The zero-order valence-corrected chi connectivity index (χ0v) is 17.6. The average molecular weight is 433 g/mol. The van der Waals surface area contributed by atoms with Crippen LogP contribution in [-0.2, 0) is 22.6 Å². The predicted octanol–water partition coefficient (Wildman–Crippen LogP) is 2.64. The van der Waals surface area contributed by atoms with Crippen molar-refractivity contribution in [3.63, 3.8) is 0 Å². The quantitative estimate of drug-likeness (QED) is 0.767. The molecule has 2 aliphatic rings. The van der Waals surface area contributed by atoms with Crippen molar-refractivity contribution < 1.29 is 14.3 Å². The molecule has 2 atom stereocenters. The van der Waals surface area contributed by atoms with E-state index in [-0.39, 0.29) is 17.9 Å². The van der Waals surface area contributed by atoms with E-state index in [1.165, 1.54) is 0 Å². The molecule has 0 unspecified atom stereocenters. The van der Waals surface area contributed by atoms with Crippen LogP contribution >= 0.6 is 11.6 Å². The van der Waals surface area contributed by atoms with Gasteiger partial charge < -0.3 is 15.8 Å². The van der Waals surface area contributed by atoms with Gasteiger partial charge in [-0.2, -0.15) is 5.10 Å². The maximum atomic E-state index is 12.8. The lowest BCUT2D eigenvalue weighted by Gasteiger charge is -2.27. The fourth-order valence-electron chi connectivity index (χ4n) is 4.19. The largest absolute Gasteiger partial charge is 0.446 e. The Morgan fingerprint density at radius 3 is 2.90 bits per heavy atom. The van der Waals surface area contributed by atoms with Crippen molar-refractivity contribution in [3.05, 3.63) is 29.2 Å². The van der Waals surface area contributed by atoms with Crippen LogP contribution in [0.1, 0.15) is 31.4 Å². The molecule has 30 heavy (non-hydrogen) atoms. The highest BCUT2D eigenvalue weighted by atomic mass is 35.5. The number of hydrogen-bond acceptors (Lipinski definition) is 6. The van der Waals surface area contributed by atoms with Gasteiger partial charge in [-0.1, -0.05) is 11.6 Å². The number of halogens is 1. The zero-order chi connectivity index (χ0) is 21.3. The van der Waals surface area contributed by atoms with Crippen LogP contribution in [-0.4, -0.2) is 51.4 Å². The SMILES string of the molecule is CN1CCn2ncc(-c3cc(NC(=O)[C@H]4CCC[C@@H](OC(N)=O)C4)ncc3Cl)c2C1. The summed E-state index contributed by atoms with van der Waals surface area (Å²) in [6.45, 7) is 2.55. The first-order chi connectivity index (χ1) is 14.4. The Bertz CT molecular complexity index is 962. The third kappa shape index (κ3) is 4.41. The summed E-state index contributed by atoms with van der Waals surface area (Å²) >= 11 is 6.43. The van der Waals surface area contributed by atoms with Crippen LogP contribution in [0.2, 0.25) is 5.02 Å². The molecule has 3 heterocycles. The molecule has 0 saturated heterocycles. The van der Waals surface area contributed by atoms with Crippen molar-refractivity contribution in [2.45, 2.75) is 44.9 Å². The van der Waals surface area contributed by atoms with Gasteiger partial charge in [0, 0.05) is 36.3 Å². The first-order valence-corrected chi connectivity index (χ1v) is 10.4. The number of carbonyl (C=O) groups is 2. The van der Waals surface area contributed by atoms with E-state index in [0.29, 0.717) is 17.3 Å².